The number of rotatable bonds is 21. The first-order valence-electron chi connectivity index (χ1n) is 18.9. The number of aliphatic hydroxyl groups excluding tert-OH is 1. The van der Waals surface area contributed by atoms with Gasteiger partial charge in [-0.2, -0.15) is 0 Å². The minimum Gasteiger partial charge on any atom is -0.390 e. The smallest absolute Gasteiger partial charge is 0.276 e. The van der Waals surface area contributed by atoms with E-state index >= 15 is 0 Å². The predicted octanol–water partition coefficient (Wildman–Crippen LogP) is 3.43. The number of nitrogens with zero attached hydrogens (tertiary/aromatic N) is 2. The fourth-order valence-corrected chi connectivity index (χ4v) is 6.04. The second kappa shape index (κ2) is 22.0. The minimum absolute atomic E-state index is 0.00320. The Labute approximate surface area is 327 Å². The van der Waals surface area contributed by atoms with Gasteiger partial charge in [0.15, 0.2) is 0 Å². The Hall–Kier alpha value is -5.73. The highest BCUT2D eigenvalue weighted by Crippen LogP contribution is 2.15. The molecular formula is C42H53N7O7. The summed E-state index contributed by atoms with van der Waals surface area (Å²) in [5.74, 6) is -3.49. The van der Waals surface area contributed by atoms with Crippen LogP contribution in [0, 0.1) is 11.8 Å². The third kappa shape index (κ3) is 13.8. The molecule has 3 unspecified atom stereocenters. The standard InChI is InChI=1S/C42H53N7O7/c1-5-28(4)38(42(55)49-39(52)32-18-12-13-19-44-32)48-37(51)23-35(50)33(20-27(2)3)46-40(53)34(22-31-24-43-26-45-31)47-41(54)36(21-29-14-8-6-9-15-29)56-25-30-16-10-7-11-17-30/h6-19,24,26-28,33-36,38,50H,5,20-23,25H2,1-4H3,(H,43,45)(H,46,53)(H,47,54)(H,48,51)(H,49,52,55)/t28-,33?,34?,35-,36?,38-/m0/s1. The molecule has 0 aliphatic rings. The number of benzene rings is 2. The number of amides is 5. The summed E-state index contributed by atoms with van der Waals surface area (Å²) < 4.78 is 6.14. The number of carbonyl (C=O) groups is 5. The zero-order chi connectivity index (χ0) is 40.5. The Bertz CT molecular complexity index is 1830. The van der Waals surface area contributed by atoms with Gasteiger partial charge in [-0.3, -0.25) is 34.3 Å². The van der Waals surface area contributed by atoms with Crippen LogP contribution in [0.4, 0.5) is 0 Å². The molecule has 0 bridgehead atoms. The second-order valence-corrected chi connectivity index (χ2v) is 14.3. The van der Waals surface area contributed by atoms with Gasteiger partial charge in [0.05, 0.1) is 31.5 Å². The average Bonchev–Trinajstić information content (AvgIpc) is 3.71. The normalized spacial score (nSPS) is 14.4. The highest BCUT2D eigenvalue weighted by molar-refractivity contribution is 6.05. The van der Waals surface area contributed by atoms with E-state index in [9.17, 15) is 29.1 Å². The monoisotopic (exact) mass is 767 g/mol. The maximum absolute atomic E-state index is 14.1. The Kier molecular flexibility index (Phi) is 16.9. The maximum Gasteiger partial charge on any atom is 0.276 e. The van der Waals surface area contributed by atoms with E-state index in [0.717, 1.165) is 11.1 Å². The molecule has 4 aromatic rings. The molecule has 6 atom stereocenters. The van der Waals surface area contributed by atoms with Gasteiger partial charge in [-0.05, 0) is 41.5 Å². The highest BCUT2D eigenvalue weighted by atomic mass is 16.5. The molecule has 14 heteroatoms. The molecule has 0 aliphatic heterocycles. The number of pyridine rings is 1. The first-order chi connectivity index (χ1) is 26.9. The van der Waals surface area contributed by atoms with Gasteiger partial charge in [-0.1, -0.05) is 101 Å². The van der Waals surface area contributed by atoms with Gasteiger partial charge < -0.3 is 30.8 Å². The van der Waals surface area contributed by atoms with E-state index < -0.39 is 66.3 Å². The van der Waals surface area contributed by atoms with Crippen LogP contribution in [0.1, 0.15) is 74.3 Å². The molecule has 4 rings (SSSR count). The van der Waals surface area contributed by atoms with Crippen LogP contribution < -0.4 is 21.3 Å². The third-order valence-electron chi connectivity index (χ3n) is 9.32. The summed E-state index contributed by atoms with van der Waals surface area (Å²) in [7, 11) is 0. The Morgan fingerprint density at radius 2 is 1.48 bits per heavy atom. The molecule has 0 fully saturated rings. The number of ether oxygens (including phenoxy) is 1. The largest absolute Gasteiger partial charge is 0.390 e. The molecule has 0 saturated heterocycles. The van der Waals surface area contributed by atoms with Crippen molar-refractivity contribution >= 4 is 29.5 Å². The summed E-state index contributed by atoms with van der Waals surface area (Å²) in [6, 6.07) is 20.5. The van der Waals surface area contributed by atoms with Crippen molar-refractivity contribution in [1.82, 2.24) is 36.2 Å². The van der Waals surface area contributed by atoms with Crippen molar-refractivity contribution in [1.29, 1.82) is 0 Å². The molecule has 0 spiro atoms. The number of aromatic amines is 1. The minimum atomic E-state index is -1.36. The lowest BCUT2D eigenvalue weighted by atomic mass is 9.95. The van der Waals surface area contributed by atoms with Gasteiger partial charge >= 0.3 is 0 Å². The number of hydrogen-bond donors (Lipinski definition) is 6. The van der Waals surface area contributed by atoms with Gasteiger partial charge in [-0.15, -0.1) is 0 Å². The van der Waals surface area contributed by atoms with Crippen molar-refractivity contribution in [3.8, 4) is 0 Å². The Morgan fingerprint density at radius 1 is 0.804 bits per heavy atom. The summed E-state index contributed by atoms with van der Waals surface area (Å²) in [5, 5.41) is 22.1. The van der Waals surface area contributed by atoms with E-state index in [0.29, 0.717) is 18.5 Å². The summed E-state index contributed by atoms with van der Waals surface area (Å²) in [6.07, 6.45) is 2.84. The van der Waals surface area contributed by atoms with Crippen molar-refractivity contribution < 1.29 is 33.8 Å². The molecule has 0 aliphatic carbocycles. The van der Waals surface area contributed by atoms with Crippen LogP contribution in [-0.4, -0.2) is 79.9 Å². The number of aromatic nitrogens is 3. The molecule has 2 aromatic carbocycles. The number of nitrogens with one attached hydrogen (secondary N) is 5. The van der Waals surface area contributed by atoms with Crippen LogP contribution in [0.2, 0.25) is 0 Å². The number of carbonyl (C=O) groups excluding carboxylic acids is 5. The summed E-state index contributed by atoms with van der Waals surface area (Å²) in [6.45, 7) is 7.61. The number of H-pyrrole nitrogens is 1. The lowest BCUT2D eigenvalue weighted by Crippen LogP contribution is -2.56. The quantitative estimate of drug-likeness (QED) is 0.0734. The number of imidazole rings is 1. The summed E-state index contributed by atoms with van der Waals surface area (Å²) in [5.41, 5.74) is 2.40. The van der Waals surface area contributed by atoms with Crippen molar-refractivity contribution in [3.05, 3.63) is 120 Å². The highest BCUT2D eigenvalue weighted by Gasteiger charge is 2.33. The molecule has 298 valence electrons. The first kappa shape index (κ1) is 43.0. The van der Waals surface area contributed by atoms with Crippen LogP contribution in [0.3, 0.4) is 0 Å². The van der Waals surface area contributed by atoms with Crippen LogP contribution in [-0.2, 0) is 43.4 Å². The molecule has 2 heterocycles. The topological polar surface area (TPSA) is 204 Å². The maximum atomic E-state index is 14.1. The predicted molar refractivity (Wildman–Crippen MR) is 209 cm³/mol. The molecule has 0 radical (unpaired) electrons. The lowest BCUT2D eigenvalue weighted by molar-refractivity contribution is -0.137. The van der Waals surface area contributed by atoms with E-state index in [-0.39, 0.29) is 37.0 Å². The number of aliphatic hydroxyl groups is 1. The first-order valence-corrected chi connectivity index (χ1v) is 18.9. The molecule has 0 saturated carbocycles. The van der Waals surface area contributed by atoms with Crippen molar-refractivity contribution in [2.24, 2.45) is 11.8 Å². The van der Waals surface area contributed by atoms with Crippen LogP contribution in [0.15, 0.2) is 97.6 Å². The van der Waals surface area contributed by atoms with Crippen molar-refractivity contribution in [3.63, 3.8) is 0 Å². The van der Waals surface area contributed by atoms with Gasteiger partial charge in [0.1, 0.15) is 23.9 Å². The van der Waals surface area contributed by atoms with E-state index in [1.54, 1.807) is 25.3 Å². The molecule has 6 N–H and O–H groups in total. The number of hydrogen-bond acceptors (Lipinski definition) is 9. The molecular weight excluding hydrogens is 715 g/mol. The van der Waals surface area contributed by atoms with Crippen molar-refractivity contribution in [2.75, 3.05) is 0 Å². The fourth-order valence-electron chi connectivity index (χ4n) is 6.04. The van der Waals surface area contributed by atoms with E-state index in [2.05, 4.69) is 36.2 Å². The van der Waals surface area contributed by atoms with Crippen LogP contribution >= 0.6 is 0 Å². The van der Waals surface area contributed by atoms with E-state index in [1.165, 1.54) is 18.6 Å². The number of imide groups is 1. The van der Waals surface area contributed by atoms with Crippen molar-refractivity contribution in [2.45, 2.75) is 96.7 Å². The second-order valence-electron chi connectivity index (χ2n) is 14.3. The fraction of sp³-hybridized carbons (Fsp3) is 0.405. The molecule has 5 amide bonds. The zero-order valence-electron chi connectivity index (χ0n) is 32.3. The summed E-state index contributed by atoms with van der Waals surface area (Å²) >= 11 is 0. The van der Waals surface area contributed by atoms with Crippen LogP contribution in [0.25, 0.3) is 0 Å². The molecule has 2 aromatic heterocycles. The molecule has 14 nitrogen and oxygen atoms in total. The Balaban J connectivity index is 1.47. The average molecular weight is 768 g/mol. The molecule has 56 heavy (non-hydrogen) atoms. The Morgan fingerprint density at radius 3 is 2.09 bits per heavy atom. The summed E-state index contributed by atoms with van der Waals surface area (Å²) in [4.78, 5) is 78.2. The van der Waals surface area contributed by atoms with Gasteiger partial charge in [0.2, 0.25) is 23.6 Å². The van der Waals surface area contributed by atoms with Crippen LogP contribution in [0.5, 0.6) is 0 Å². The third-order valence-corrected chi connectivity index (χ3v) is 9.32. The van der Waals surface area contributed by atoms with Gasteiger partial charge in [0, 0.05) is 30.9 Å². The SMILES string of the molecule is CC[C@H](C)[C@H](NC(=O)C[C@H](O)C(CC(C)C)NC(=O)C(Cc1cnc[nH]1)NC(=O)C(Cc1ccccc1)OCc1ccccc1)C(=O)NC(=O)c1ccccn1. The zero-order valence-corrected chi connectivity index (χ0v) is 32.3. The van der Waals surface area contributed by atoms with E-state index in [1.807, 2.05) is 81.4 Å². The van der Waals surface area contributed by atoms with Gasteiger partial charge in [-0.25, -0.2) is 4.98 Å². The van der Waals surface area contributed by atoms with Gasteiger partial charge in [0.25, 0.3) is 5.91 Å². The van der Waals surface area contributed by atoms with E-state index in [4.69, 9.17) is 4.74 Å². The lowest BCUT2D eigenvalue weighted by Gasteiger charge is -2.29.